The van der Waals surface area contributed by atoms with Crippen molar-refractivity contribution in [2.45, 2.75) is 27.2 Å². The maximum Gasteiger partial charge on any atom is 0.104 e. The summed E-state index contributed by atoms with van der Waals surface area (Å²) in [5, 5.41) is 3.47. The smallest absolute Gasteiger partial charge is 0.104 e. The van der Waals surface area contributed by atoms with Crippen LogP contribution < -0.4 is 11.1 Å². The summed E-state index contributed by atoms with van der Waals surface area (Å²) in [6.45, 7) is 8.07. The number of aromatic amines is 1. The summed E-state index contributed by atoms with van der Waals surface area (Å²) in [7, 11) is 0. The molecule has 4 heteroatoms. The van der Waals surface area contributed by atoms with Crippen molar-refractivity contribution in [2.75, 3.05) is 18.4 Å². The molecule has 2 rings (SSSR count). The second kappa shape index (κ2) is 4.98. The molecule has 0 saturated heterocycles. The van der Waals surface area contributed by atoms with Crippen LogP contribution in [0.1, 0.15) is 26.1 Å². The van der Waals surface area contributed by atoms with E-state index in [0.717, 1.165) is 42.1 Å². The van der Waals surface area contributed by atoms with Gasteiger partial charge in [-0.15, -0.1) is 0 Å². The third kappa shape index (κ3) is 3.01. The van der Waals surface area contributed by atoms with Crippen LogP contribution in [0.25, 0.3) is 11.0 Å². The molecule has 1 aromatic carbocycles. The Morgan fingerprint density at radius 2 is 2.17 bits per heavy atom. The van der Waals surface area contributed by atoms with E-state index in [1.165, 1.54) is 0 Å². The minimum absolute atomic E-state index is 0.216. The lowest BCUT2D eigenvalue weighted by Gasteiger charge is -2.24. The van der Waals surface area contributed by atoms with Crippen molar-refractivity contribution in [3.63, 3.8) is 0 Å². The van der Waals surface area contributed by atoms with Crippen molar-refractivity contribution in [2.24, 2.45) is 11.1 Å². The van der Waals surface area contributed by atoms with Crippen molar-refractivity contribution in [3.8, 4) is 0 Å². The molecule has 0 unspecified atom stereocenters. The molecule has 4 nitrogen and oxygen atoms in total. The van der Waals surface area contributed by atoms with E-state index >= 15 is 0 Å². The third-order valence-electron chi connectivity index (χ3n) is 3.19. The molecular weight excluding hydrogens is 224 g/mol. The Balaban J connectivity index is 2.07. The highest BCUT2D eigenvalue weighted by Crippen LogP contribution is 2.22. The number of hydrogen-bond donors (Lipinski definition) is 3. The molecule has 0 aliphatic carbocycles. The number of nitrogens with zero attached hydrogens (tertiary/aromatic N) is 1. The first-order chi connectivity index (χ1) is 8.50. The number of rotatable bonds is 5. The van der Waals surface area contributed by atoms with Crippen molar-refractivity contribution >= 4 is 16.7 Å². The number of anilines is 1. The average molecular weight is 246 g/mol. The van der Waals surface area contributed by atoms with Crippen LogP contribution in [-0.2, 0) is 0 Å². The molecule has 0 atom stereocenters. The second-order valence-electron chi connectivity index (χ2n) is 5.61. The lowest BCUT2D eigenvalue weighted by molar-refractivity contribution is 0.365. The number of aromatic nitrogens is 2. The van der Waals surface area contributed by atoms with Crippen molar-refractivity contribution in [3.05, 3.63) is 24.0 Å². The third-order valence-corrected chi connectivity index (χ3v) is 3.19. The second-order valence-corrected chi connectivity index (χ2v) is 5.61. The summed E-state index contributed by atoms with van der Waals surface area (Å²) in [5.41, 5.74) is 9.05. The predicted octanol–water partition coefficient (Wildman–Crippen LogP) is 2.66. The Morgan fingerprint density at radius 1 is 1.39 bits per heavy atom. The number of imidazole rings is 1. The Kier molecular flexibility index (Phi) is 3.57. The van der Waals surface area contributed by atoms with Gasteiger partial charge in [-0.1, -0.05) is 13.8 Å². The molecule has 2 aromatic rings. The van der Waals surface area contributed by atoms with Gasteiger partial charge in [-0.2, -0.15) is 0 Å². The molecule has 18 heavy (non-hydrogen) atoms. The van der Waals surface area contributed by atoms with E-state index in [9.17, 15) is 0 Å². The van der Waals surface area contributed by atoms with Crippen LogP contribution in [0.5, 0.6) is 0 Å². The quantitative estimate of drug-likeness (QED) is 0.760. The van der Waals surface area contributed by atoms with Gasteiger partial charge in [-0.25, -0.2) is 4.98 Å². The molecule has 0 radical (unpaired) electrons. The van der Waals surface area contributed by atoms with Crippen LogP contribution in [0.4, 0.5) is 5.69 Å². The van der Waals surface area contributed by atoms with Gasteiger partial charge >= 0.3 is 0 Å². The fraction of sp³-hybridized carbons (Fsp3) is 0.500. The van der Waals surface area contributed by atoms with E-state index < -0.39 is 0 Å². The minimum atomic E-state index is 0.216. The highest BCUT2D eigenvalue weighted by molar-refractivity contribution is 5.79. The summed E-state index contributed by atoms with van der Waals surface area (Å²) >= 11 is 0. The molecule has 98 valence electrons. The number of hydrogen-bond acceptors (Lipinski definition) is 3. The van der Waals surface area contributed by atoms with Crippen LogP contribution in [0.15, 0.2) is 18.2 Å². The first-order valence-corrected chi connectivity index (χ1v) is 6.40. The topological polar surface area (TPSA) is 66.7 Å². The Bertz CT molecular complexity index is 528. The lowest BCUT2D eigenvalue weighted by Crippen LogP contribution is -2.26. The van der Waals surface area contributed by atoms with E-state index in [-0.39, 0.29) is 5.41 Å². The first kappa shape index (κ1) is 12.9. The number of aryl methyl sites for hydroxylation is 1. The van der Waals surface area contributed by atoms with Gasteiger partial charge in [0.2, 0.25) is 0 Å². The van der Waals surface area contributed by atoms with E-state index in [2.05, 4.69) is 41.3 Å². The number of H-pyrrole nitrogens is 1. The molecule has 0 aliphatic heterocycles. The Morgan fingerprint density at radius 3 is 2.89 bits per heavy atom. The number of benzene rings is 1. The molecule has 0 amide bonds. The maximum atomic E-state index is 5.62. The molecule has 0 bridgehead atoms. The standard InChI is InChI=1S/C14H22N4/c1-10-17-12-5-4-11(8-13(12)18-10)16-9-14(2,3)6-7-15/h4-5,8,16H,6-7,9,15H2,1-3H3,(H,17,18). The van der Waals surface area contributed by atoms with Crippen LogP contribution in [0.3, 0.4) is 0 Å². The molecule has 0 spiro atoms. The summed E-state index contributed by atoms with van der Waals surface area (Å²) in [4.78, 5) is 7.64. The van der Waals surface area contributed by atoms with E-state index in [4.69, 9.17) is 5.73 Å². The Labute approximate surface area is 108 Å². The normalized spacial score (nSPS) is 12.0. The zero-order valence-electron chi connectivity index (χ0n) is 11.4. The van der Waals surface area contributed by atoms with Crippen molar-refractivity contribution in [1.29, 1.82) is 0 Å². The number of fused-ring (bicyclic) bond motifs is 1. The molecule has 0 fully saturated rings. The van der Waals surface area contributed by atoms with Crippen LogP contribution >= 0.6 is 0 Å². The molecule has 4 N–H and O–H groups in total. The SMILES string of the molecule is Cc1nc2ccc(NCC(C)(C)CCN)cc2[nH]1. The van der Waals surface area contributed by atoms with Crippen LogP contribution in [0, 0.1) is 12.3 Å². The predicted molar refractivity (Wildman–Crippen MR) is 76.8 cm³/mol. The van der Waals surface area contributed by atoms with Crippen LogP contribution in [0.2, 0.25) is 0 Å². The monoisotopic (exact) mass is 246 g/mol. The maximum absolute atomic E-state index is 5.62. The van der Waals surface area contributed by atoms with E-state index in [0.29, 0.717) is 0 Å². The lowest BCUT2D eigenvalue weighted by atomic mass is 9.89. The van der Waals surface area contributed by atoms with E-state index in [1.807, 2.05) is 13.0 Å². The summed E-state index contributed by atoms with van der Waals surface area (Å²) in [6.07, 6.45) is 1.02. The summed E-state index contributed by atoms with van der Waals surface area (Å²) in [5.74, 6) is 0.950. The van der Waals surface area contributed by atoms with Gasteiger partial charge < -0.3 is 16.0 Å². The summed E-state index contributed by atoms with van der Waals surface area (Å²) in [6, 6.07) is 6.21. The summed E-state index contributed by atoms with van der Waals surface area (Å²) < 4.78 is 0. The van der Waals surface area contributed by atoms with Gasteiger partial charge in [0.1, 0.15) is 5.82 Å². The van der Waals surface area contributed by atoms with Gasteiger partial charge in [-0.3, -0.25) is 0 Å². The van der Waals surface area contributed by atoms with Crippen molar-refractivity contribution in [1.82, 2.24) is 9.97 Å². The van der Waals surface area contributed by atoms with Gasteiger partial charge in [0, 0.05) is 12.2 Å². The van der Waals surface area contributed by atoms with Crippen molar-refractivity contribution < 1.29 is 0 Å². The molecule has 0 aliphatic rings. The number of nitrogens with two attached hydrogens (primary N) is 1. The number of nitrogens with one attached hydrogen (secondary N) is 2. The van der Waals surface area contributed by atoms with Gasteiger partial charge in [0.15, 0.2) is 0 Å². The van der Waals surface area contributed by atoms with Crippen LogP contribution in [-0.4, -0.2) is 23.1 Å². The largest absolute Gasteiger partial charge is 0.384 e. The molecular formula is C14H22N4. The molecule has 0 saturated carbocycles. The first-order valence-electron chi connectivity index (χ1n) is 6.40. The molecule has 1 heterocycles. The fourth-order valence-corrected chi connectivity index (χ4v) is 2.07. The Hall–Kier alpha value is -1.55. The zero-order chi connectivity index (χ0) is 13.2. The zero-order valence-corrected chi connectivity index (χ0v) is 11.4. The highest BCUT2D eigenvalue weighted by Gasteiger charge is 2.16. The minimum Gasteiger partial charge on any atom is -0.384 e. The molecule has 1 aromatic heterocycles. The highest BCUT2D eigenvalue weighted by atomic mass is 14.9. The van der Waals surface area contributed by atoms with E-state index in [1.54, 1.807) is 0 Å². The fourth-order valence-electron chi connectivity index (χ4n) is 2.07. The van der Waals surface area contributed by atoms with Gasteiger partial charge in [-0.05, 0) is 43.5 Å². The van der Waals surface area contributed by atoms with Gasteiger partial charge in [0.25, 0.3) is 0 Å². The van der Waals surface area contributed by atoms with Gasteiger partial charge in [0.05, 0.1) is 11.0 Å². The average Bonchev–Trinajstić information content (AvgIpc) is 2.65.